The Labute approximate surface area is 127 Å². The number of methoxy groups -OCH3 is 1. The van der Waals surface area contributed by atoms with Crippen LogP contribution in [0.4, 0.5) is 10.5 Å². The minimum absolute atomic E-state index is 0.341. The van der Waals surface area contributed by atoms with Crippen molar-refractivity contribution in [1.29, 1.82) is 0 Å². The fourth-order valence-electron chi connectivity index (χ4n) is 2.05. The lowest BCUT2D eigenvalue weighted by atomic mass is 9.99. The first-order valence-corrected chi connectivity index (χ1v) is 6.83. The summed E-state index contributed by atoms with van der Waals surface area (Å²) >= 11 is 0. The van der Waals surface area contributed by atoms with E-state index in [9.17, 15) is 14.4 Å². The van der Waals surface area contributed by atoms with Crippen molar-refractivity contribution < 1.29 is 19.1 Å². The smallest absolute Gasteiger partial charge is 0.325 e. The molecule has 1 fully saturated rings. The minimum atomic E-state index is -0.945. The van der Waals surface area contributed by atoms with Crippen LogP contribution in [0.3, 0.4) is 0 Å². The van der Waals surface area contributed by atoms with Crippen molar-refractivity contribution >= 4 is 23.5 Å². The first-order chi connectivity index (χ1) is 10.4. The van der Waals surface area contributed by atoms with Gasteiger partial charge in [0, 0.05) is 6.07 Å². The van der Waals surface area contributed by atoms with E-state index in [-0.39, 0.29) is 6.54 Å². The van der Waals surface area contributed by atoms with E-state index in [1.165, 1.54) is 13.3 Å². The largest absolute Gasteiger partial charge is 0.481 e. The molecule has 0 radical (unpaired) electrons. The molecule has 1 unspecified atom stereocenters. The molecule has 1 atom stereocenters. The number of carbonyl (C=O) groups excluding carboxylic acids is 3. The van der Waals surface area contributed by atoms with Crippen LogP contribution in [-0.4, -0.2) is 46.9 Å². The van der Waals surface area contributed by atoms with E-state index >= 15 is 0 Å². The van der Waals surface area contributed by atoms with Crippen LogP contribution in [0.5, 0.6) is 5.88 Å². The second-order valence-corrected chi connectivity index (χ2v) is 5.14. The van der Waals surface area contributed by atoms with Crippen LogP contribution in [0, 0.1) is 0 Å². The summed E-state index contributed by atoms with van der Waals surface area (Å²) in [7, 11) is 1.49. The lowest BCUT2D eigenvalue weighted by Gasteiger charge is -2.19. The van der Waals surface area contributed by atoms with Gasteiger partial charge in [0.1, 0.15) is 12.1 Å². The number of aromatic nitrogens is 1. The summed E-state index contributed by atoms with van der Waals surface area (Å²) in [6.07, 6.45) is 1.89. The molecule has 118 valence electrons. The number of hydrogen-bond donors (Lipinski definition) is 2. The van der Waals surface area contributed by atoms with Gasteiger partial charge in [-0.3, -0.25) is 14.5 Å². The third-order valence-electron chi connectivity index (χ3n) is 3.58. The molecule has 0 aliphatic carbocycles. The van der Waals surface area contributed by atoms with Gasteiger partial charge in [-0.2, -0.15) is 0 Å². The highest BCUT2D eigenvalue weighted by Crippen LogP contribution is 2.20. The van der Waals surface area contributed by atoms with E-state index in [0.717, 1.165) is 4.90 Å². The SMILES string of the molecule is CCC1(C)NC(=O)N(CC(=O)Nc2ccc(OC)nc2)C1=O. The molecule has 8 nitrogen and oxygen atoms in total. The normalized spacial score (nSPS) is 20.8. The number of anilines is 1. The second-order valence-electron chi connectivity index (χ2n) is 5.14. The molecule has 2 rings (SSSR count). The first-order valence-electron chi connectivity index (χ1n) is 6.83. The number of pyridine rings is 1. The maximum Gasteiger partial charge on any atom is 0.325 e. The molecule has 22 heavy (non-hydrogen) atoms. The van der Waals surface area contributed by atoms with Gasteiger partial charge in [0.25, 0.3) is 5.91 Å². The van der Waals surface area contributed by atoms with Crippen LogP contribution in [0.1, 0.15) is 20.3 Å². The topological polar surface area (TPSA) is 101 Å². The van der Waals surface area contributed by atoms with Gasteiger partial charge in [0.2, 0.25) is 11.8 Å². The second kappa shape index (κ2) is 6.00. The average molecular weight is 306 g/mol. The molecule has 0 aromatic carbocycles. The van der Waals surface area contributed by atoms with E-state index in [1.807, 2.05) is 0 Å². The number of carbonyl (C=O) groups is 3. The molecule has 1 aromatic rings. The van der Waals surface area contributed by atoms with Gasteiger partial charge in [-0.1, -0.05) is 6.92 Å². The molecule has 0 spiro atoms. The minimum Gasteiger partial charge on any atom is -0.481 e. The monoisotopic (exact) mass is 306 g/mol. The highest BCUT2D eigenvalue weighted by atomic mass is 16.5. The molecule has 2 heterocycles. The lowest BCUT2D eigenvalue weighted by Crippen LogP contribution is -2.44. The van der Waals surface area contributed by atoms with Crippen LogP contribution < -0.4 is 15.4 Å². The van der Waals surface area contributed by atoms with Crippen molar-refractivity contribution in [1.82, 2.24) is 15.2 Å². The third-order valence-corrected chi connectivity index (χ3v) is 3.58. The molecule has 4 amide bonds. The fraction of sp³-hybridized carbons (Fsp3) is 0.429. The number of imide groups is 1. The van der Waals surface area contributed by atoms with Crippen LogP contribution in [0.2, 0.25) is 0 Å². The van der Waals surface area contributed by atoms with Gasteiger partial charge in [-0.25, -0.2) is 9.78 Å². The van der Waals surface area contributed by atoms with Gasteiger partial charge >= 0.3 is 6.03 Å². The summed E-state index contributed by atoms with van der Waals surface area (Å²) in [6, 6.07) is 2.65. The lowest BCUT2D eigenvalue weighted by molar-refractivity contribution is -0.133. The van der Waals surface area contributed by atoms with E-state index in [1.54, 1.807) is 26.0 Å². The molecule has 2 N–H and O–H groups in total. The summed E-state index contributed by atoms with van der Waals surface area (Å²) in [5, 5.41) is 5.17. The van der Waals surface area contributed by atoms with Gasteiger partial charge in [-0.05, 0) is 19.4 Å². The third kappa shape index (κ3) is 3.00. The Morgan fingerprint density at radius 2 is 2.18 bits per heavy atom. The maximum absolute atomic E-state index is 12.2. The Balaban J connectivity index is 1.99. The van der Waals surface area contributed by atoms with Crippen LogP contribution >= 0.6 is 0 Å². The Hall–Kier alpha value is -2.64. The van der Waals surface area contributed by atoms with Gasteiger partial charge in [0.15, 0.2) is 0 Å². The van der Waals surface area contributed by atoms with Crippen molar-refractivity contribution in [3.8, 4) is 5.88 Å². The Kier molecular flexibility index (Phi) is 4.30. The fourth-order valence-corrected chi connectivity index (χ4v) is 2.05. The van der Waals surface area contributed by atoms with E-state index in [4.69, 9.17) is 4.74 Å². The highest BCUT2D eigenvalue weighted by Gasteiger charge is 2.46. The molecule has 1 aliphatic rings. The van der Waals surface area contributed by atoms with E-state index in [2.05, 4.69) is 15.6 Å². The predicted octanol–water partition coefficient (Wildman–Crippen LogP) is 0.749. The summed E-state index contributed by atoms with van der Waals surface area (Å²) in [6.45, 7) is 3.09. The van der Waals surface area contributed by atoms with Crippen molar-refractivity contribution in [3.05, 3.63) is 18.3 Å². The maximum atomic E-state index is 12.2. The van der Waals surface area contributed by atoms with Gasteiger partial charge in [0.05, 0.1) is 19.0 Å². The summed E-state index contributed by atoms with van der Waals surface area (Å²) in [5.74, 6) is -0.454. The van der Waals surface area contributed by atoms with Crippen LogP contribution in [-0.2, 0) is 9.59 Å². The Bertz CT molecular complexity index is 601. The van der Waals surface area contributed by atoms with Gasteiger partial charge in [-0.15, -0.1) is 0 Å². The number of nitrogens with one attached hydrogen (secondary N) is 2. The average Bonchev–Trinajstić information content (AvgIpc) is 2.72. The van der Waals surface area contributed by atoms with E-state index < -0.39 is 23.4 Å². The Morgan fingerprint density at radius 1 is 1.45 bits per heavy atom. The van der Waals surface area contributed by atoms with E-state index in [0.29, 0.717) is 18.0 Å². The molecule has 0 bridgehead atoms. The highest BCUT2D eigenvalue weighted by molar-refractivity contribution is 6.09. The zero-order chi connectivity index (χ0) is 16.3. The summed E-state index contributed by atoms with van der Waals surface area (Å²) in [5.41, 5.74) is -0.491. The number of hydrogen-bond acceptors (Lipinski definition) is 5. The quantitative estimate of drug-likeness (QED) is 0.782. The number of ether oxygens (including phenoxy) is 1. The number of urea groups is 1. The van der Waals surface area contributed by atoms with Crippen LogP contribution in [0.15, 0.2) is 18.3 Å². The standard InChI is InChI=1S/C14H18N4O4/c1-4-14(2)12(20)18(13(21)17-14)8-10(19)16-9-5-6-11(22-3)15-7-9/h5-7H,4,8H2,1-3H3,(H,16,19)(H,17,21). The summed E-state index contributed by atoms with van der Waals surface area (Å²) < 4.78 is 4.92. The summed E-state index contributed by atoms with van der Waals surface area (Å²) in [4.78, 5) is 40.8. The zero-order valence-corrected chi connectivity index (χ0v) is 12.7. The number of nitrogens with zero attached hydrogens (tertiary/aromatic N) is 2. The Morgan fingerprint density at radius 3 is 2.68 bits per heavy atom. The van der Waals surface area contributed by atoms with Crippen molar-refractivity contribution in [2.24, 2.45) is 0 Å². The molecule has 1 saturated heterocycles. The molecule has 1 aliphatic heterocycles. The zero-order valence-electron chi connectivity index (χ0n) is 12.7. The van der Waals surface area contributed by atoms with Crippen molar-refractivity contribution in [2.45, 2.75) is 25.8 Å². The molecular formula is C14H18N4O4. The van der Waals surface area contributed by atoms with Crippen molar-refractivity contribution in [3.63, 3.8) is 0 Å². The molecule has 1 aromatic heterocycles. The van der Waals surface area contributed by atoms with Crippen LogP contribution in [0.25, 0.3) is 0 Å². The van der Waals surface area contributed by atoms with Crippen molar-refractivity contribution in [2.75, 3.05) is 19.0 Å². The molecule has 8 heteroatoms. The first kappa shape index (κ1) is 15.7. The molecular weight excluding hydrogens is 288 g/mol. The molecule has 0 saturated carbocycles. The number of amides is 4. The number of rotatable bonds is 5. The predicted molar refractivity (Wildman–Crippen MR) is 78.4 cm³/mol. The van der Waals surface area contributed by atoms with Gasteiger partial charge < -0.3 is 15.4 Å².